The average molecular weight is 285 g/mol. The van der Waals surface area contributed by atoms with E-state index in [1.807, 2.05) is 16.9 Å². The SMILES string of the molecule is Nc1cc(Cl)c(Cl)cc1NCCCn1cccn1. The van der Waals surface area contributed by atoms with Crippen molar-refractivity contribution < 1.29 is 0 Å². The maximum atomic E-state index is 5.94. The first kappa shape index (κ1) is 13.1. The Kier molecular flexibility index (Phi) is 4.33. The summed E-state index contributed by atoms with van der Waals surface area (Å²) in [5.74, 6) is 0. The predicted molar refractivity (Wildman–Crippen MR) is 76.2 cm³/mol. The number of nitrogens with one attached hydrogen (secondary N) is 1. The fourth-order valence-corrected chi connectivity index (χ4v) is 1.95. The Morgan fingerprint density at radius 3 is 2.78 bits per heavy atom. The van der Waals surface area contributed by atoms with Crippen molar-refractivity contribution in [3.05, 3.63) is 40.6 Å². The molecule has 0 unspecified atom stereocenters. The van der Waals surface area contributed by atoms with Crippen LogP contribution < -0.4 is 11.1 Å². The van der Waals surface area contributed by atoms with Gasteiger partial charge in [0.25, 0.3) is 0 Å². The Balaban J connectivity index is 1.85. The molecule has 2 rings (SSSR count). The van der Waals surface area contributed by atoms with E-state index in [0.717, 1.165) is 25.2 Å². The normalized spacial score (nSPS) is 10.6. The number of anilines is 2. The van der Waals surface area contributed by atoms with Crippen molar-refractivity contribution in [1.82, 2.24) is 9.78 Å². The Morgan fingerprint density at radius 2 is 2.06 bits per heavy atom. The monoisotopic (exact) mass is 284 g/mol. The Hall–Kier alpha value is -1.39. The third kappa shape index (κ3) is 3.31. The van der Waals surface area contributed by atoms with E-state index < -0.39 is 0 Å². The van der Waals surface area contributed by atoms with Crippen molar-refractivity contribution in [3.63, 3.8) is 0 Å². The number of benzene rings is 1. The minimum atomic E-state index is 0.469. The van der Waals surface area contributed by atoms with Crippen LogP contribution >= 0.6 is 23.2 Å². The fourth-order valence-electron chi connectivity index (χ4n) is 1.61. The molecule has 0 aliphatic carbocycles. The van der Waals surface area contributed by atoms with Crippen LogP contribution in [0.25, 0.3) is 0 Å². The minimum Gasteiger partial charge on any atom is -0.397 e. The third-order valence-electron chi connectivity index (χ3n) is 2.53. The van der Waals surface area contributed by atoms with Crippen LogP contribution in [0.1, 0.15) is 6.42 Å². The fraction of sp³-hybridized carbons (Fsp3) is 0.250. The summed E-state index contributed by atoms with van der Waals surface area (Å²) in [6, 6.07) is 5.30. The van der Waals surface area contributed by atoms with E-state index in [1.165, 1.54) is 0 Å². The van der Waals surface area contributed by atoms with Gasteiger partial charge in [-0.1, -0.05) is 23.2 Å². The van der Waals surface area contributed by atoms with Crippen LogP contribution in [0, 0.1) is 0 Å². The lowest BCUT2D eigenvalue weighted by Crippen LogP contribution is -2.08. The molecule has 4 nitrogen and oxygen atoms in total. The van der Waals surface area contributed by atoms with Gasteiger partial charge in [-0.25, -0.2) is 0 Å². The molecule has 0 saturated heterocycles. The zero-order valence-corrected chi connectivity index (χ0v) is 11.2. The van der Waals surface area contributed by atoms with Crippen LogP contribution in [0.4, 0.5) is 11.4 Å². The number of aromatic nitrogens is 2. The topological polar surface area (TPSA) is 55.9 Å². The van der Waals surface area contributed by atoms with Crippen LogP contribution in [0.5, 0.6) is 0 Å². The number of hydrogen-bond donors (Lipinski definition) is 2. The molecule has 96 valence electrons. The van der Waals surface area contributed by atoms with Crippen molar-refractivity contribution in [2.75, 3.05) is 17.6 Å². The Labute approximate surface area is 116 Å². The van der Waals surface area contributed by atoms with Crippen LogP contribution in [-0.2, 0) is 6.54 Å². The highest BCUT2D eigenvalue weighted by Gasteiger charge is 2.04. The molecule has 6 heteroatoms. The minimum absolute atomic E-state index is 0.469. The maximum absolute atomic E-state index is 5.94. The molecule has 0 fully saturated rings. The number of rotatable bonds is 5. The van der Waals surface area contributed by atoms with Gasteiger partial charge in [0.2, 0.25) is 0 Å². The molecule has 0 bridgehead atoms. The predicted octanol–water partition coefficient (Wildman–Crippen LogP) is 3.27. The molecular formula is C12H14Cl2N4. The van der Waals surface area contributed by atoms with Crippen LogP contribution in [0.3, 0.4) is 0 Å². The zero-order valence-electron chi connectivity index (χ0n) is 9.74. The van der Waals surface area contributed by atoms with Gasteiger partial charge in [0.1, 0.15) is 0 Å². The van der Waals surface area contributed by atoms with E-state index in [4.69, 9.17) is 28.9 Å². The number of nitrogens with two attached hydrogens (primary N) is 1. The van der Waals surface area contributed by atoms with E-state index in [-0.39, 0.29) is 0 Å². The van der Waals surface area contributed by atoms with E-state index in [0.29, 0.717) is 15.7 Å². The molecule has 1 aromatic carbocycles. The molecule has 0 aliphatic rings. The average Bonchev–Trinajstić information content (AvgIpc) is 2.84. The van der Waals surface area contributed by atoms with Gasteiger partial charge in [0.15, 0.2) is 0 Å². The summed E-state index contributed by atoms with van der Waals surface area (Å²) in [6.45, 7) is 1.66. The molecule has 0 spiro atoms. The first-order valence-corrected chi connectivity index (χ1v) is 6.38. The molecule has 2 aromatic rings. The van der Waals surface area contributed by atoms with Gasteiger partial charge in [0.05, 0.1) is 21.4 Å². The Morgan fingerprint density at radius 1 is 1.28 bits per heavy atom. The number of halogens is 2. The van der Waals surface area contributed by atoms with E-state index in [1.54, 1.807) is 18.3 Å². The van der Waals surface area contributed by atoms with Gasteiger partial charge >= 0.3 is 0 Å². The lowest BCUT2D eigenvalue weighted by molar-refractivity contribution is 0.592. The summed E-state index contributed by atoms with van der Waals surface area (Å²) in [5, 5.41) is 8.33. The second kappa shape index (κ2) is 5.98. The Bertz CT molecular complexity index is 511. The molecule has 18 heavy (non-hydrogen) atoms. The first-order valence-electron chi connectivity index (χ1n) is 5.62. The second-order valence-electron chi connectivity index (χ2n) is 3.90. The summed E-state index contributed by atoms with van der Waals surface area (Å²) < 4.78 is 1.89. The smallest absolute Gasteiger partial charge is 0.0614 e. The molecule has 3 N–H and O–H groups in total. The highest BCUT2D eigenvalue weighted by molar-refractivity contribution is 6.42. The van der Waals surface area contributed by atoms with Crippen molar-refractivity contribution in [1.29, 1.82) is 0 Å². The lowest BCUT2D eigenvalue weighted by atomic mass is 10.2. The summed E-state index contributed by atoms with van der Waals surface area (Å²) in [4.78, 5) is 0. The number of hydrogen-bond acceptors (Lipinski definition) is 3. The number of aryl methyl sites for hydroxylation is 1. The van der Waals surface area contributed by atoms with Crippen molar-refractivity contribution >= 4 is 34.6 Å². The molecule has 0 saturated carbocycles. The van der Waals surface area contributed by atoms with Gasteiger partial charge in [-0.15, -0.1) is 0 Å². The summed E-state index contributed by atoms with van der Waals surface area (Å²) >= 11 is 11.8. The van der Waals surface area contributed by atoms with Gasteiger partial charge in [-0.05, 0) is 24.6 Å². The summed E-state index contributed by atoms with van der Waals surface area (Å²) in [6.07, 6.45) is 4.65. The lowest BCUT2D eigenvalue weighted by Gasteiger charge is -2.10. The summed E-state index contributed by atoms with van der Waals surface area (Å²) in [5.41, 5.74) is 7.25. The standard InChI is InChI=1S/C12H14Cl2N4/c13-9-7-11(15)12(8-10(9)14)16-3-1-5-18-6-2-4-17-18/h2,4,6-8,16H,1,3,5,15H2. The van der Waals surface area contributed by atoms with Crippen molar-refractivity contribution in [3.8, 4) is 0 Å². The molecular weight excluding hydrogens is 271 g/mol. The molecule has 1 aromatic heterocycles. The van der Waals surface area contributed by atoms with Crippen molar-refractivity contribution in [2.45, 2.75) is 13.0 Å². The van der Waals surface area contributed by atoms with Gasteiger partial charge in [-0.3, -0.25) is 4.68 Å². The maximum Gasteiger partial charge on any atom is 0.0614 e. The quantitative estimate of drug-likeness (QED) is 0.654. The third-order valence-corrected chi connectivity index (χ3v) is 3.25. The first-order chi connectivity index (χ1) is 8.66. The molecule has 0 radical (unpaired) electrons. The van der Waals surface area contributed by atoms with Crippen LogP contribution in [0.15, 0.2) is 30.6 Å². The highest BCUT2D eigenvalue weighted by Crippen LogP contribution is 2.30. The van der Waals surface area contributed by atoms with E-state index >= 15 is 0 Å². The van der Waals surface area contributed by atoms with E-state index in [9.17, 15) is 0 Å². The van der Waals surface area contributed by atoms with Gasteiger partial charge in [-0.2, -0.15) is 5.10 Å². The van der Waals surface area contributed by atoms with Gasteiger partial charge in [0, 0.05) is 25.5 Å². The number of nitrogens with zero attached hydrogens (tertiary/aromatic N) is 2. The molecule has 0 atom stereocenters. The molecule has 1 heterocycles. The highest BCUT2D eigenvalue weighted by atomic mass is 35.5. The van der Waals surface area contributed by atoms with Crippen LogP contribution in [0.2, 0.25) is 10.0 Å². The molecule has 0 aliphatic heterocycles. The second-order valence-corrected chi connectivity index (χ2v) is 4.72. The number of nitrogen functional groups attached to an aromatic ring is 1. The van der Waals surface area contributed by atoms with Gasteiger partial charge < -0.3 is 11.1 Å². The van der Waals surface area contributed by atoms with Crippen LogP contribution in [-0.4, -0.2) is 16.3 Å². The van der Waals surface area contributed by atoms with Crippen molar-refractivity contribution in [2.24, 2.45) is 0 Å². The largest absolute Gasteiger partial charge is 0.397 e. The zero-order chi connectivity index (χ0) is 13.0. The van der Waals surface area contributed by atoms with E-state index in [2.05, 4.69) is 10.4 Å². The summed E-state index contributed by atoms with van der Waals surface area (Å²) in [7, 11) is 0. The molecule has 0 amide bonds.